The number of hydrogen-bond donors (Lipinski definition) is 0. The molecule has 0 radical (unpaired) electrons. The van der Waals surface area contributed by atoms with Crippen molar-refractivity contribution in [3.63, 3.8) is 0 Å². The minimum absolute atomic E-state index is 0.146. The highest BCUT2D eigenvalue weighted by atomic mass is 79.9. The summed E-state index contributed by atoms with van der Waals surface area (Å²) in [5, 5.41) is 0.842. The fourth-order valence-corrected chi connectivity index (χ4v) is 2.62. The molecule has 18 heavy (non-hydrogen) atoms. The van der Waals surface area contributed by atoms with Crippen LogP contribution in [-0.4, -0.2) is 42.2 Å². The number of pyridine rings is 1. The van der Waals surface area contributed by atoms with Gasteiger partial charge in [0.1, 0.15) is 0 Å². The van der Waals surface area contributed by atoms with Crippen molar-refractivity contribution in [1.29, 1.82) is 0 Å². The third-order valence-corrected chi connectivity index (χ3v) is 3.67. The van der Waals surface area contributed by atoms with Crippen LogP contribution >= 0.6 is 15.9 Å². The molecular formula is C13H19BrN2O2. The summed E-state index contributed by atoms with van der Waals surface area (Å²) in [5.74, 6) is 0.646. The van der Waals surface area contributed by atoms with Crippen molar-refractivity contribution >= 4 is 21.6 Å². The Morgan fingerprint density at radius 1 is 1.61 bits per heavy atom. The Balaban J connectivity index is 2.20. The van der Waals surface area contributed by atoms with E-state index in [1.165, 1.54) is 0 Å². The molecule has 2 heterocycles. The lowest BCUT2D eigenvalue weighted by Gasteiger charge is -2.43. The van der Waals surface area contributed by atoms with E-state index in [1.54, 1.807) is 13.3 Å². The minimum atomic E-state index is -0.146. The second-order valence-corrected chi connectivity index (χ2v) is 5.74. The molecule has 100 valence electrons. The van der Waals surface area contributed by atoms with Crippen LogP contribution in [0.4, 0.5) is 5.69 Å². The van der Waals surface area contributed by atoms with E-state index >= 15 is 0 Å². The van der Waals surface area contributed by atoms with Gasteiger partial charge in [-0.15, -0.1) is 0 Å². The first-order chi connectivity index (χ1) is 8.54. The standard InChI is InChI=1S/C13H19BrN2O2/c1-13(2)9-16(8-11(7-14)18-13)10-4-5-15-12(6-10)17-3/h4-6,11H,7-9H2,1-3H3. The fraction of sp³-hybridized carbons (Fsp3) is 0.615. The van der Waals surface area contributed by atoms with E-state index in [0.29, 0.717) is 5.88 Å². The largest absolute Gasteiger partial charge is 0.481 e. The molecule has 1 saturated heterocycles. The van der Waals surface area contributed by atoms with Crippen LogP contribution in [0.3, 0.4) is 0 Å². The number of anilines is 1. The number of ether oxygens (including phenoxy) is 2. The van der Waals surface area contributed by atoms with Gasteiger partial charge in [-0.1, -0.05) is 15.9 Å². The quantitative estimate of drug-likeness (QED) is 0.803. The second-order valence-electron chi connectivity index (χ2n) is 5.09. The molecule has 2 rings (SSSR count). The number of halogens is 1. The van der Waals surface area contributed by atoms with Crippen molar-refractivity contribution < 1.29 is 9.47 Å². The molecule has 4 nitrogen and oxygen atoms in total. The van der Waals surface area contributed by atoms with Gasteiger partial charge in [0.25, 0.3) is 0 Å². The first kappa shape index (κ1) is 13.6. The van der Waals surface area contributed by atoms with Gasteiger partial charge in [0, 0.05) is 36.4 Å². The highest BCUT2D eigenvalue weighted by molar-refractivity contribution is 9.09. The number of rotatable bonds is 3. The second kappa shape index (κ2) is 5.45. The monoisotopic (exact) mass is 314 g/mol. The Morgan fingerprint density at radius 2 is 2.39 bits per heavy atom. The molecule has 1 aromatic rings. The van der Waals surface area contributed by atoms with E-state index in [9.17, 15) is 0 Å². The van der Waals surface area contributed by atoms with E-state index in [0.717, 1.165) is 24.1 Å². The molecule has 5 heteroatoms. The van der Waals surface area contributed by atoms with Crippen LogP contribution in [-0.2, 0) is 4.74 Å². The highest BCUT2D eigenvalue weighted by Gasteiger charge is 2.33. The summed E-state index contributed by atoms with van der Waals surface area (Å²) in [6.07, 6.45) is 1.98. The molecule has 1 fully saturated rings. The first-order valence-corrected chi connectivity index (χ1v) is 7.15. The fourth-order valence-electron chi connectivity index (χ4n) is 2.28. The summed E-state index contributed by atoms with van der Waals surface area (Å²) in [6.45, 7) is 5.98. The van der Waals surface area contributed by atoms with Crippen molar-refractivity contribution in [2.75, 3.05) is 30.4 Å². The average molecular weight is 315 g/mol. The molecule has 0 aliphatic carbocycles. The summed E-state index contributed by atoms with van der Waals surface area (Å²) in [7, 11) is 1.64. The highest BCUT2D eigenvalue weighted by Crippen LogP contribution is 2.27. The molecule has 1 aliphatic heterocycles. The first-order valence-electron chi connectivity index (χ1n) is 6.03. The Hall–Kier alpha value is -0.810. The van der Waals surface area contributed by atoms with E-state index < -0.39 is 0 Å². The molecular weight excluding hydrogens is 296 g/mol. The normalized spacial score (nSPS) is 22.9. The lowest BCUT2D eigenvalue weighted by molar-refractivity contribution is -0.0724. The van der Waals surface area contributed by atoms with Crippen LogP contribution in [0, 0.1) is 0 Å². The van der Waals surface area contributed by atoms with Gasteiger partial charge in [-0.25, -0.2) is 4.98 Å². The Kier molecular flexibility index (Phi) is 4.12. The molecule has 1 aliphatic rings. The molecule has 0 bridgehead atoms. The zero-order valence-corrected chi connectivity index (χ0v) is 12.6. The van der Waals surface area contributed by atoms with Gasteiger partial charge in [0.2, 0.25) is 5.88 Å². The summed E-state index contributed by atoms with van der Waals surface area (Å²) < 4.78 is 11.2. The number of alkyl halides is 1. The van der Waals surface area contributed by atoms with Gasteiger partial charge in [0.05, 0.1) is 18.8 Å². The summed E-state index contributed by atoms with van der Waals surface area (Å²) in [6, 6.07) is 3.97. The maximum atomic E-state index is 6.00. The van der Waals surface area contributed by atoms with Crippen molar-refractivity contribution in [1.82, 2.24) is 4.98 Å². The van der Waals surface area contributed by atoms with Crippen LogP contribution in [0.1, 0.15) is 13.8 Å². The number of methoxy groups -OCH3 is 1. The summed E-state index contributed by atoms with van der Waals surface area (Å²) in [4.78, 5) is 6.46. The van der Waals surface area contributed by atoms with E-state index in [2.05, 4.69) is 39.7 Å². The van der Waals surface area contributed by atoms with Crippen LogP contribution in [0.2, 0.25) is 0 Å². The van der Waals surface area contributed by atoms with Crippen molar-refractivity contribution in [3.05, 3.63) is 18.3 Å². The van der Waals surface area contributed by atoms with Crippen LogP contribution in [0.15, 0.2) is 18.3 Å². The van der Waals surface area contributed by atoms with Crippen molar-refractivity contribution in [2.45, 2.75) is 25.6 Å². The van der Waals surface area contributed by atoms with Gasteiger partial charge in [-0.3, -0.25) is 0 Å². The number of morpholine rings is 1. The predicted octanol–water partition coefficient (Wildman–Crippen LogP) is 2.47. The number of hydrogen-bond acceptors (Lipinski definition) is 4. The van der Waals surface area contributed by atoms with E-state index in [-0.39, 0.29) is 11.7 Å². The molecule has 0 amide bonds. The lowest BCUT2D eigenvalue weighted by Crippen LogP contribution is -2.53. The predicted molar refractivity (Wildman–Crippen MR) is 75.7 cm³/mol. The number of aromatic nitrogens is 1. The Bertz CT molecular complexity index is 412. The van der Waals surface area contributed by atoms with Crippen molar-refractivity contribution in [2.24, 2.45) is 0 Å². The topological polar surface area (TPSA) is 34.6 Å². The molecule has 0 spiro atoms. The molecule has 1 atom stereocenters. The minimum Gasteiger partial charge on any atom is -0.481 e. The molecule has 0 aromatic carbocycles. The SMILES string of the molecule is COc1cc(N2CC(CBr)OC(C)(C)C2)ccn1. The maximum absolute atomic E-state index is 6.00. The average Bonchev–Trinajstić information content (AvgIpc) is 2.37. The van der Waals surface area contributed by atoms with Gasteiger partial charge < -0.3 is 14.4 Å². The molecule has 1 unspecified atom stereocenters. The summed E-state index contributed by atoms with van der Waals surface area (Å²) >= 11 is 3.50. The van der Waals surface area contributed by atoms with Gasteiger partial charge >= 0.3 is 0 Å². The lowest BCUT2D eigenvalue weighted by atomic mass is 10.1. The van der Waals surface area contributed by atoms with Crippen molar-refractivity contribution in [3.8, 4) is 5.88 Å². The smallest absolute Gasteiger partial charge is 0.214 e. The third-order valence-electron chi connectivity index (χ3n) is 2.95. The Morgan fingerprint density at radius 3 is 3.06 bits per heavy atom. The number of nitrogens with zero attached hydrogens (tertiary/aromatic N) is 2. The molecule has 0 saturated carbocycles. The summed E-state index contributed by atoms with van der Waals surface area (Å²) in [5.41, 5.74) is 0.983. The zero-order chi connectivity index (χ0) is 13.2. The van der Waals surface area contributed by atoms with Gasteiger partial charge in [-0.05, 0) is 19.9 Å². The maximum Gasteiger partial charge on any atom is 0.214 e. The zero-order valence-electron chi connectivity index (χ0n) is 11.0. The van der Waals surface area contributed by atoms with Gasteiger partial charge in [0.15, 0.2) is 0 Å². The molecule has 1 aromatic heterocycles. The van der Waals surface area contributed by atoms with Crippen LogP contribution < -0.4 is 9.64 Å². The van der Waals surface area contributed by atoms with E-state index in [1.807, 2.05) is 12.1 Å². The van der Waals surface area contributed by atoms with Gasteiger partial charge in [-0.2, -0.15) is 0 Å². The van der Waals surface area contributed by atoms with Crippen LogP contribution in [0.5, 0.6) is 5.88 Å². The van der Waals surface area contributed by atoms with Crippen LogP contribution in [0.25, 0.3) is 0 Å². The molecule has 0 N–H and O–H groups in total. The Labute approximate surface area is 116 Å². The van der Waals surface area contributed by atoms with E-state index in [4.69, 9.17) is 9.47 Å². The third kappa shape index (κ3) is 3.14.